The summed E-state index contributed by atoms with van der Waals surface area (Å²) in [6.07, 6.45) is 0. The molecule has 4 nitrogen and oxygen atoms in total. The van der Waals surface area contributed by atoms with Gasteiger partial charge in [0.25, 0.3) is 0 Å². The maximum Gasteiger partial charge on any atom is 0.153 e. The largest absolute Gasteiger partial charge is 0.389 e. The van der Waals surface area contributed by atoms with Gasteiger partial charge >= 0.3 is 0 Å². The van der Waals surface area contributed by atoms with Gasteiger partial charge in [-0.2, -0.15) is 0 Å². The fraction of sp³-hybridized carbons (Fsp3) is 1.00. The van der Waals surface area contributed by atoms with Crippen molar-refractivity contribution in [3.63, 3.8) is 0 Å². The molecule has 0 amide bonds. The van der Waals surface area contributed by atoms with E-state index in [0.29, 0.717) is 13.1 Å². The van der Waals surface area contributed by atoms with Crippen LogP contribution in [0.4, 0.5) is 0 Å². The van der Waals surface area contributed by atoms with Gasteiger partial charge in [0.1, 0.15) is 0 Å². The smallest absolute Gasteiger partial charge is 0.153 e. The van der Waals surface area contributed by atoms with Gasteiger partial charge < -0.3 is 5.11 Å². The first-order chi connectivity index (χ1) is 6.20. The number of β-amino-alcohol motifs (C(OH)–C–C–N with tert-alkyl or cyclic N) is 1. The Kier molecular flexibility index (Phi) is 3.23. The number of hydrogen-bond donors (Lipinski definition) is 1. The molecular weight excluding hydrogens is 202 g/mol. The van der Waals surface area contributed by atoms with E-state index in [0.717, 1.165) is 0 Å². The Morgan fingerprint density at radius 2 is 2.07 bits per heavy atom. The van der Waals surface area contributed by atoms with Crippen molar-refractivity contribution in [3.05, 3.63) is 0 Å². The van der Waals surface area contributed by atoms with Gasteiger partial charge in [-0.1, -0.05) is 0 Å². The van der Waals surface area contributed by atoms with E-state index in [9.17, 15) is 13.5 Å². The molecule has 1 heterocycles. The van der Waals surface area contributed by atoms with Gasteiger partial charge in [0.2, 0.25) is 0 Å². The van der Waals surface area contributed by atoms with Crippen LogP contribution in [-0.4, -0.2) is 54.7 Å². The second-order valence-corrected chi connectivity index (χ2v) is 6.98. The van der Waals surface area contributed by atoms with Gasteiger partial charge in [-0.25, -0.2) is 8.42 Å². The summed E-state index contributed by atoms with van der Waals surface area (Å²) >= 11 is 0. The number of sulfone groups is 1. The summed E-state index contributed by atoms with van der Waals surface area (Å²) in [6, 6.07) is 0.0141. The van der Waals surface area contributed by atoms with Crippen LogP contribution in [0.25, 0.3) is 0 Å². The molecule has 1 saturated heterocycles. The van der Waals surface area contributed by atoms with Gasteiger partial charge in [0.15, 0.2) is 9.84 Å². The van der Waals surface area contributed by atoms with Crippen molar-refractivity contribution in [2.24, 2.45) is 0 Å². The second-order valence-electron chi connectivity index (χ2n) is 4.75. The number of nitrogens with zero attached hydrogens (tertiary/aromatic N) is 1. The summed E-state index contributed by atoms with van der Waals surface area (Å²) in [5.74, 6) is 0.427. The Morgan fingerprint density at radius 1 is 1.50 bits per heavy atom. The molecule has 0 bridgehead atoms. The Hall–Kier alpha value is -0.130. The van der Waals surface area contributed by atoms with Crippen LogP contribution in [-0.2, 0) is 9.84 Å². The molecule has 0 aromatic rings. The van der Waals surface area contributed by atoms with Crippen LogP contribution in [0, 0.1) is 0 Å². The molecule has 1 rings (SSSR count). The lowest BCUT2D eigenvalue weighted by atomic mass is 10.1. The topological polar surface area (TPSA) is 57.6 Å². The van der Waals surface area contributed by atoms with Crippen molar-refractivity contribution >= 4 is 9.84 Å². The summed E-state index contributed by atoms with van der Waals surface area (Å²) in [5.41, 5.74) is -0.755. The van der Waals surface area contributed by atoms with Crippen molar-refractivity contribution in [1.82, 2.24) is 4.90 Å². The molecule has 1 fully saturated rings. The summed E-state index contributed by atoms with van der Waals surface area (Å²) in [4.78, 5) is 2.03. The Bertz CT molecular complexity index is 292. The highest BCUT2D eigenvalue weighted by Gasteiger charge is 2.30. The molecule has 1 N–H and O–H groups in total. The van der Waals surface area contributed by atoms with E-state index in [1.54, 1.807) is 13.8 Å². The van der Waals surface area contributed by atoms with Crippen molar-refractivity contribution in [2.45, 2.75) is 32.4 Å². The highest BCUT2D eigenvalue weighted by Crippen LogP contribution is 2.14. The van der Waals surface area contributed by atoms with Crippen LogP contribution in [0.15, 0.2) is 0 Å². The van der Waals surface area contributed by atoms with Crippen molar-refractivity contribution < 1.29 is 13.5 Å². The monoisotopic (exact) mass is 221 g/mol. The molecule has 84 valence electrons. The zero-order chi connectivity index (χ0) is 11.0. The summed E-state index contributed by atoms with van der Waals surface area (Å²) < 4.78 is 22.6. The third kappa shape index (κ3) is 3.55. The van der Waals surface area contributed by atoms with Crippen LogP contribution < -0.4 is 0 Å². The van der Waals surface area contributed by atoms with E-state index in [4.69, 9.17) is 0 Å². The van der Waals surface area contributed by atoms with E-state index >= 15 is 0 Å². The zero-order valence-corrected chi connectivity index (χ0v) is 9.84. The van der Waals surface area contributed by atoms with Gasteiger partial charge in [-0.05, 0) is 20.8 Å². The summed E-state index contributed by atoms with van der Waals surface area (Å²) in [5, 5.41) is 9.63. The lowest BCUT2D eigenvalue weighted by Crippen LogP contribution is -2.51. The third-order valence-electron chi connectivity index (χ3n) is 2.40. The van der Waals surface area contributed by atoms with E-state index < -0.39 is 15.4 Å². The number of hydrogen-bond acceptors (Lipinski definition) is 4. The van der Waals surface area contributed by atoms with Crippen LogP contribution in [0.1, 0.15) is 20.8 Å². The van der Waals surface area contributed by atoms with Gasteiger partial charge in [0, 0.05) is 19.1 Å². The molecule has 1 aliphatic heterocycles. The molecule has 0 radical (unpaired) electrons. The van der Waals surface area contributed by atoms with Crippen molar-refractivity contribution in [3.8, 4) is 0 Å². The van der Waals surface area contributed by atoms with Gasteiger partial charge in [-0.3, -0.25) is 4.90 Å². The molecule has 0 aromatic carbocycles. The van der Waals surface area contributed by atoms with Crippen LogP contribution >= 0.6 is 0 Å². The maximum absolute atomic E-state index is 11.3. The molecule has 1 unspecified atom stereocenters. The summed E-state index contributed by atoms with van der Waals surface area (Å²) in [6.45, 7) is 6.44. The standard InChI is InChI=1S/C9H19NO3S/c1-8-6-14(12,13)5-4-10(8)7-9(2,3)11/h8,11H,4-7H2,1-3H3. The molecule has 1 aliphatic rings. The first-order valence-corrected chi connectivity index (χ1v) is 6.69. The quantitative estimate of drug-likeness (QED) is 0.706. The minimum Gasteiger partial charge on any atom is -0.389 e. The molecule has 0 aromatic heterocycles. The van der Waals surface area contributed by atoms with E-state index in [-0.39, 0.29) is 17.5 Å². The fourth-order valence-corrected chi connectivity index (χ4v) is 3.39. The maximum atomic E-state index is 11.3. The molecule has 14 heavy (non-hydrogen) atoms. The lowest BCUT2D eigenvalue weighted by molar-refractivity contribution is 0.0269. The normalized spacial score (nSPS) is 29.0. The number of aliphatic hydroxyl groups is 1. The highest BCUT2D eigenvalue weighted by atomic mass is 32.2. The Labute approximate surface area is 85.8 Å². The van der Waals surface area contributed by atoms with Crippen LogP contribution in [0.3, 0.4) is 0 Å². The molecular formula is C9H19NO3S. The second kappa shape index (κ2) is 3.79. The first kappa shape index (κ1) is 11.9. The van der Waals surface area contributed by atoms with Gasteiger partial charge in [0.05, 0.1) is 17.1 Å². The average Bonchev–Trinajstić information content (AvgIpc) is 1.92. The first-order valence-electron chi connectivity index (χ1n) is 4.86. The Balaban J connectivity index is 2.59. The summed E-state index contributed by atoms with van der Waals surface area (Å²) in [7, 11) is -2.84. The highest BCUT2D eigenvalue weighted by molar-refractivity contribution is 7.91. The molecule has 0 spiro atoms. The van der Waals surface area contributed by atoms with E-state index in [2.05, 4.69) is 0 Å². The average molecular weight is 221 g/mol. The lowest BCUT2D eigenvalue weighted by Gasteiger charge is -2.36. The minimum absolute atomic E-state index is 0.0141. The Morgan fingerprint density at radius 3 is 2.50 bits per heavy atom. The SMILES string of the molecule is CC1CS(=O)(=O)CCN1CC(C)(C)O. The predicted octanol–water partition coefficient (Wildman–Crippen LogP) is -0.124. The fourth-order valence-electron chi connectivity index (χ4n) is 1.76. The van der Waals surface area contributed by atoms with Crippen LogP contribution in [0.2, 0.25) is 0 Å². The molecule has 1 atom stereocenters. The van der Waals surface area contributed by atoms with Crippen molar-refractivity contribution in [1.29, 1.82) is 0 Å². The predicted molar refractivity (Wildman–Crippen MR) is 56.0 cm³/mol. The molecule has 0 saturated carbocycles. The molecule has 0 aliphatic carbocycles. The number of rotatable bonds is 2. The van der Waals surface area contributed by atoms with Crippen LogP contribution in [0.5, 0.6) is 0 Å². The van der Waals surface area contributed by atoms with Crippen molar-refractivity contribution in [2.75, 3.05) is 24.6 Å². The van der Waals surface area contributed by atoms with Gasteiger partial charge in [-0.15, -0.1) is 0 Å². The van der Waals surface area contributed by atoms with E-state index in [1.165, 1.54) is 0 Å². The zero-order valence-electron chi connectivity index (χ0n) is 9.02. The minimum atomic E-state index is -2.84. The third-order valence-corrected chi connectivity index (χ3v) is 4.19. The van der Waals surface area contributed by atoms with E-state index in [1.807, 2.05) is 11.8 Å². The molecule has 5 heteroatoms.